The van der Waals surface area contributed by atoms with Crippen LogP contribution in [0.3, 0.4) is 0 Å². The van der Waals surface area contributed by atoms with Gasteiger partial charge in [0.15, 0.2) is 0 Å². The monoisotopic (exact) mass is 446 g/mol. The molecule has 0 aliphatic carbocycles. The second-order valence-corrected chi connectivity index (χ2v) is 7.48. The smallest absolute Gasteiger partial charge is 0.416 e. The van der Waals surface area contributed by atoms with Crippen molar-refractivity contribution in [2.45, 2.75) is 24.9 Å². The number of rotatable bonds is 4. The van der Waals surface area contributed by atoms with Crippen LogP contribution in [0.25, 0.3) is 11.4 Å². The van der Waals surface area contributed by atoms with Gasteiger partial charge in [0.05, 0.1) is 18.6 Å². The summed E-state index contributed by atoms with van der Waals surface area (Å²) in [6.45, 7) is 0.815. The lowest BCUT2D eigenvalue weighted by Gasteiger charge is -2.31. The Balaban J connectivity index is 1.42. The first-order valence-electron chi connectivity index (χ1n) is 10.0. The van der Waals surface area contributed by atoms with E-state index in [2.05, 4.69) is 15.5 Å². The van der Waals surface area contributed by atoms with Gasteiger partial charge in [-0.25, -0.2) is 4.79 Å². The van der Waals surface area contributed by atoms with E-state index in [4.69, 9.17) is 9.26 Å². The molecule has 3 aromatic rings. The molecule has 0 spiro atoms. The molecule has 168 valence electrons. The molecule has 2 heterocycles. The molecule has 1 saturated heterocycles. The Bertz CT molecular complexity index is 1080. The van der Waals surface area contributed by atoms with Crippen LogP contribution in [-0.4, -0.2) is 41.3 Å². The summed E-state index contributed by atoms with van der Waals surface area (Å²) in [5.74, 6) is 1.42. The molecule has 0 bridgehead atoms. The molecule has 0 unspecified atom stereocenters. The van der Waals surface area contributed by atoms with Crippen molar-refractivity contribution in [1.29, 1.82) is 0 Å². The van der Waals surface area contributed by atoms with Gasteiger partial charge in [-0.3, -0.25) is 0 Å². The zero-order valence-corrected chi connectivity index (χ0v) is 17.2. The van der Waals surface area contributed by atoms with Gasteiger partial charge < -0.3 is 19.5 Å². The lowest BCUT2D eigenvalue weighted by Crippen LogP contribution is -2.41. The quantitative estimate of drug-likeness (QED) is 0.598. The first-order valence-corrected chi connectivity index (χ1v) is 10.0. The Morgan fingerprint density at radius 2 is 2.00 bits per heavy atom. The van der Waals surface area contributed by atoms with E-state index >= 15 is 0 Å². The first kappa shape index (κ1) is 21.7. The van der Waals surface area contributed by atoms with Crippen LogP contribution in [0.4, 0.5) is 23.7 Å². The van der Waals surface area contributed by atoms with Crippen LogP contribution in [0.5, 0.6) is 5.75 Å². The minimum absolute atomic E-state index is 0.0894. The van der Waals surface area contributed by atoms with Gasteiger partial charge in [0.1, 0.15) is 5.75 Å². The molecular weight excluding hydrogens is 425 g/mol. The third kappa shape index (κ3) is 4.84. The number of aromatic nitrogens is 2. The first-order chi connectivity index (χ1) is 15.3. The van der Waals surface area contributed by atoms with Crippen LogP contribution in [0, 0.1) is 0 Å². The summed E-state index contributed by atoms with van der Waals surface area (Å²) in [5.41, 5.74) is 0.0472. The molecule has 1 N–H and O–H groups in total. The van der Waals surface area contributed by atoms with Crippen molar-refractivity contribution in [1.82, 2.24) is 15.0 Å². The van der Waals surface area contributed by atoms with Gasteiger partial charge >= 0.3 is 12.2 Å². The number of alkyl halides is 3. The number of piperidine rings is 1. The molecular formula is C22H21F3N4O3. The second-order valence-electron chi connectivity index (χ2n) is 7.48. The molecule has 32 heavy (non-hydrogen) atoms. The van der Waals surface area contributed by atoms with Gasteiger partial charge in [0.2, 0.25) is 11.7 Å². The predicted molar refractivity (Wildman–Crippen MR) is 110 cm³/mol. The van der Waals surface area contributed by atoms with E-state index in [1.807, 2.05) is 12.1 Å². The molecule has 10 heteroatoms. The average molecular weight is 446 g/mol. The number of halogens is 3. The molecule has 2 aromatic carbocycles. The summed E-state index contributed by atoms with van der Waals surface area (Å²) in [6.07, 6.45) is -3.00. The highest BCUT2D eigenvalue weighted by Crippen LogP contribution is 2.31. The van der Waals surface area contributed by atoms with E-state index in [1.165, 1.54) is 12.1 Å². The van der Waals surface area contributed by atoms with Crippen molar-refractivity contribution in [3.63, 3.8) is 0 Å². The zero-order valence-electron chi connectivity index (χ0n) is 17.2. The summed E-state index contributed by atoms with van der Waals surface area (Å²) < 4.78 is 49.3. The van der Waals surface area contributed by atoms with Crippen molar-refractivity contribution >= 4 is 11.7 Å². The summed E-state index contributed by atoms with van der Waals surface area (Å²) in [5, 5.41) is 6.58. The predicted octanol–water partition coefficient (Wildman–Crippen LogP) is 5.18. The minimum Gasteiger partial charge on any atom is -0.497 e. The van der Waals surface area contributed by atoms with Crippen molar-refractivity contribution < 1.29 is 27.2 Å². The Labute approximate surface area is 182 Å². The second kappa shape index (κ2) is 8.89. The van der Waals surface area contributed by atoms with Gasteiger partial charge in [-0.05, 0) is 55.3 Å². The number of nitrogens with one attached hydrogen (secondary N) is 1. The fourth-order valence-electron chi connectivity index (χ4n) is 3.60. The number of hydrogen-bond donors (Lipinski definition) is 1. The average Bonchev–Trinajstić information content (AvgIpc) is 3.29. The standard InChI is InChI=1S/C22H21F3N4O3/c1-31-18-9-7-14(8-10-18)19-27-20(32-28-19)15-4-3-11-29(13-15)21(30)26-17-6-2-5-16(12-17)22(23,24)25/h2,5-10,12,15H,3-4,11,13H2,1H3,(H,26,30)/t15-/m1/s1. The number of urea groups is 1. The van der Waals surface area contributed by atoms with E-state index in [1.54, 1.807) is 24.1 Å². The van der Waals surface area contributed by atoms with Crippen LogP contribution in [-0.2, 0) is 6.18 Å². The van der Waals surface area contributed by atoms with Crippen molar-refractivity contribution in [3.8, 4) is 17.1 Å². The fraction of sp³-hybridized carbons (Fsp3) is 0.318. The summed E-state index contributed by atoms with van der Waals surface area (Å²) in [7, 11) is 1.58. The molecule has 0 radical (unpaired) electrons. The molecule has 1 fully saturated rings. The van der Waals surface area contributed by atoms with Crippen LogP contribution in [0.1, 0.15) is 30.2 Å². The third-order valence-corrected chi connectivity index (χ3v) is 5.29. The number of anilines is 1. The normalized spacial score (nSPS) is 16.6. The summed E-state index contributed by atoms with van der Waals surface area (Å²) in [4.78, 5) is 18.7. The fourth-order valence-corrected chi connectivity index (χ4v) is 3.60. The Morgan fingerprint density at radius 1 is 1.22 bits per heavy atom. The lowest BCUT2D eigenvalue weighted by atomic mass is 9.98. The van der Waals surface area contributed by atoms with Crippen LogP contribution in [0.15, 0.2) is 53.1 Å². The topological polar surface area (TPSA) is 80.5 Å². The third-order valence-electron chi connectivity index (χ3n) is 5.29. The van der Waals surface area contributed by atoms with Gasteiger partial charge in [0, 0.05) is 24.3 Å². The highest BCUT2D eigenvalue weighted by atomic mass is 19.4. The number of likely N-dealkylation sites (tertiary alicyclic amines) is 1. The van der Waals surface area contributed by atoms with Gasteiger partial charge in [-0.2, -0.15) is 18.2 Å². The van der Waals surface area contributed by atoms with Gasteiger partial charge in [-0.1, -0.05) is 11.2 Å². The number of carbonyl (C=O) groups is 1. The van der Waals surface area contributed by atoms with E-state index in [-0.39, 0.29) is 11.6 Å². The minimum atomic E-state index is -4.48. The largest absolute Gasteiger partial charge is 0.497 e. The highest BCUT2D eigenvalue weighted by Gasteiger charge is 2.31. The zero-order chi connectivity index (χ0) is 22.7. The molecule has 1 atom stereocenters. The van der Waals surface area contributed by atoms with Crippen molar-refractivity contribution in [2.75, 3.05) is 25.5 Å². The SMILES string of the molecule is COc1ccc(-c2noc([C@@H]3CCCN(C(=O)Nc4cccc(C(F)(F)F)c4)C3)n2)cc1. The Kier molecular flexibility index (Phi) is 6.02. The van der Waals surface area contributed by atoms with Crippen LogP contribution >= 0.6 is 0 Å². The van der Waals surface area contributed by atoms with Gasteiger partial charge in [0.25, 0.3) is 0 Å². The molecule has 4 rings (SSSR count). The summed E-state index contributed by atoms with van der Waals surface area (Å²) >= 11 is 0. The number of hydrogen-bond acceptors (Lipinski definition) is 5. The Morgan fingerprint density at radius 3 is 2.72 bits per heavy atom. The molecule has 7 nitrogen and oxygen atoms in total. The van der Waals surface area contributed by atoms with E-state index in [0.29, 0.717) is 37.0 Å². The number of methoxy groups -OCH3 is 1. The number of carbonyl (C=O) groups excluding carboxylic acids is 1. The number of ether oxygens (including phenoxy) is 1. The van der Waals surface area contributed by atoms with Crippen molar-refractivity contribution in [2.24, 2.45) is 0 Å². The van der Waals surface area contributed by atoms with E-state index < -0.39 is 17.8 Å². The number of benzene rings is 2. The molecule has 2 amide bonds. The maximum Gasteiger partial charge on any atom is 0.416 e. The van der Waals surface area contributed by atoms with Gasteiger partial charge in [-0.15, -0.1) is 0 Å². The molecule has 0 saturated carbocycles. The summed E-state index contributed by atoms with van der Waals surface area (Å²) in [6, 6.07) is 11.3. The number of nitrogens with zero attached hydrogens (tertiary/aromatic N) is 3. The maximum atomic E-state index is 12.9. The van der Waals surface area contributed by atoms with E-state index in [0.717, 1.165) is 24.1 Å². The number of amides is 2. The molecule has 1 aliphatic rings. The maximum absolute atomic E-state index is 12.9. The van der Waals surface area contributed by atoms with Crippen molar-refractivity contribution in [3.05, 3.63) is 60.0 Å². The molecule has 1 aromatic heterocycles. The lowest BCUT2D eigenvalue weighted by molar-refractivity contribution is -0.137. The van der Waals surface area contributed by atoms with Crippen LogP contribution < -0.4 is 10.1 Å². The highest BCUT2D eigenvalue weighted by molar-refractivity contribution is 5.89. The van der Waals surface area contributed by atoms with Crippen LogP contribution in [0.2, 0.25) is 0 Å². The Hall–Kier alpha value is -3.56. The van der Waals surface area contributed by atoms with E-state index in [9.17, 15) is 18.0 Å². The molecule has 1 aliphatic heterocycles.